The molecule has 0 N–H and O–H groups in total. The predicted octanol–water partition coefficient (Wildman–Crippen LogP) is 1.30. The average molecular weight is 216 g/mol. The van der Waals surface area contributed by atoms with Gasteiger partial charge in [0, 0.05) is 6.42 Å². The summed E-state index contributed by atoms with van der Waals surface area (Å²) >= 11 is 0. The molecule has 0 aromatic rings. The maximum atomic E-state index is 6.02. The third-order valence-corrected chi connectivity index (χ3v) is 7.74. The zero-order valence-corrected chi connectivity index (χ0v) is 9.16. The highest BCUT2D eigenvalue weighted by molar-refractivity contribution is 5.30. The molecule has 3 heterocycles. The molecule has 8 fully saturated rings. The quantitative estimate of drug-likeness (QED) is 0.569. The van der Waals surface area contributed by atoms with Crippen LogP contribution in [0.1, 0.15) is 12.8 Å². The summed E-state index contributed by atoms with van der Waals surface area (Å²) in [5.74, 6) is 8.32. The van der Waals surface area contributed by atoms with Gasteiger partial charge >= 0.3 is 0 Å². The highest BCUT2D eigenvalue weighted by atomic mass is 16.6. The molecule has 0 aromatic carbocycles. The summed E-state index contributed by atoms with van der Waals surface area (Å²) in [6.07, 6.45) is 5.86. The van der Waals surface area contributed by atoms with Crippen LogP contribution in [-0.2, 0) is 9.47 Å². The molecule has 0 aromatic heterocycles. The van der Waals surface area contributed by atoms with Gasteiger partial charge in [0.1, 0.15) is 0 Å². The van der Waals surface area contributed by atoms with E-state index in [-0.39, 0.29) is 0 Å². The van der Waals surface area contributed by atoms with Crippen molar-refractivity contribution >= 4 is 0 Å². The molecule has 3 saturated heterocycles. The second kappa shape index (κ2) is 1.81. The molecule has 0 amide bonds. The SMILES string of the molecule is C1C2OC1C1C3CC(C21)C1C3C2C3OC3C12. The highest BCUT2D eigenvalue weighted by Crippen LogP contribution is 2.81. The van der Waals surface area contributed by atoms with Crippen molar-refractivity contribution in [2.24, 2.45) is 47.3 Å². The fourth-order valence-electron chi connectivity index (χ4n) is 7.52. The molecule has 5 saturated carbocycles. The van der Waals surface area contributed by atoms with Crippen molar-refractivity contribution in [1.29, 1.82) is 0 Å². The van der Waals surface area contributed by atoms with E-state index >= 15 is 0 Å². The minimum absolute atomic E-state index is 0.695. The fraction of sp³-hybridized carbons (Fsp3) is 1.00. The minimum atomic E-state index is 0.695. The van der Waals surface area contributed by atoms with Gasteiger partial charge in [0.2, 0.25) is 0 Å². The lowest BCUT2D eigenvalue weighted by molar-refractivity contribution is -0.124. The first-order chi connectivity index (χ1) is 7.93. The monoisotopic (exact) mass is 216 g/mol. The number of hydrogen-bond acceptors (Lipinski definition) is 2. The van der Waals surface area contributed by atoms with Crippen molar-refractivity contribution < 1.29 is 9.47 Å². The maximum absolute atomic E-state index is 6.02. The van der Waals surface area contributed by atoms with Crippen LogP contribution in [0, 0.1) is 47.3 Å². The lowest BCUT2D eigenvalue weighted by Gasteiger charge is -2.60. The van der Waals surface area contributed by atoms with E-state index in [1.165, 1.54) is 6.42 Å². The van der Waals surface area contributed by atoms with E-state index in [1.54, 1.807) is 6.42 Å². The number of epoxide rings is 1. The van der Waals surface area contributed by atoms with Crippen LogP contribution in [0.3, 0.4) is 0 Å². The molecule has 8 aliphatic rings. The van der Waals surface area contributed by atoms with Gasteiger partial charge in [0.25, 0.3) is 0 Å². The molecule has 12 unspecified atom stereocenters. The molecule has 2 heteroatoms. The Morgan fingerprint density at radius 2 is 1.12 bits per heavy atom. The number of fused-ring (bicyclic) bond motifs is 11. The van der Waals surface area contributed by atoms with Crippen LogP contribution in [0.15, 0.2) is 0 Å². The summed E-state index contributed by atoms with van der Waals surface area (Å²) in [6, 6.07) is 0. The van der Waals surface area contributed by atoms with Crippen LogP contribution >= 0.6 is 0 Å². The molecule has 84 valence electrons. The summed E-state index contributed by atoms with van der Waals surface area (Å²) in [5, 5.41) is 0. The van der Waals surface area contributed by atoms with Gasteiger partial charge in [0.05, 0.1) is 24.4 Å². The van der Waals surface area contributed by atoms with Crippen LogP contribution in [-0.4, -0.2) is 24.4 Å². The van der Waals surface area contributed by atoms with E-state index in [1.807, 2.05) is 0 Å². The van der Waals surface area contributed by atoms with Gasteiger partial charge in [0.15, 0.2) is 0 Å². The summed E-state index contributed by atoms with van der Waals surface area (Å²) in [7, 11) is 0. The van der Waals surface area contributed by atoms with Gasteiger partial charge in [-0.05, 0) is 53.8 Å². The van der Waals surface area contributed by atoms with E-state index in [4.69, 9.17) is 9.47 Å². The van der Waals surface area contributed by atoms with Gasteiger partial charge < -0.3 is 9.47 Å². The van der Waals surface area contributed by atoms with E-state index < -0.39 is 0 Å². The zero-order valence-electron chi connectivity index (χ0n) is 9.16. The van der Waals surface area contributed by atoms with Crippen LogP contribution in [0.25, 0.3) is 0 Å². The van der Waals surface area contributed by atoms with E-state index in [0.29, 0.717) is 12.2 Å². The largest absolute Gasteiger partial charge is 0.374 e. The Morgan fingerprint density at radius 3 is 1.69 bits per heavy atom. The van der Waals surface area contributed by atoms with Crippen molar-refractivity contribution in [1.82, 2.24) is 0 Å². The first-order valence-electron chi connectivity index (χ1n) is 7.24. The molecule has 3 aliphatic heterocycles. The van der Waals surface area contributed by atoms with Crippen LogP contribution < -0.4 is 0 Å². The average Bonchev–Trinajstić information content (AvgIpc) is 2.54. The van der Waals surface area contributed by atoms with Crippen molar-refractivity contribution in [3.05, 3.63) is 0 Å². The Hall–Kier alpha value is -0.0800. The van der Waals surface area contributed by atoms with Gasteiger partial charge in [-0.1, -0.05) is 0 Å². The van der Waals surface area contributed by atoms with Gasteiger partial charge in [-0.3, -0.25) is 0 Å². The van der Waals surface area contributed by atoms with E-state index in [9.17, 15) is 0 Å². The molecule has 8 rings (SSSR count). The Labute approximate surface area is 94.7 Å². The second-order valence-electron chi connectivity index (χ2n) is 7.54. The van der Waals surface area contributed by atoms with Crippen molar-refractivity contribution in [2.45, 2.75) is 37.3 Å². The third-order valence-electron chi connectivity index (χ3n) is 7.74. The van der Waals surface area contributed by atoms with Crippen LogP contribution in [0.4, 0.5) is 0 Å². The molecule has 4 bridgehead atoms. The van der Waals surface area contributed by atoms with E-state index in [2.05, 4.69) is 0 Å². The number of hydrogen-bond donors (Lipinski definition) is 0. The first-order valence-corrected chi connectivity index (χ1v) is 7.24. The molecule has 0 radical (unpaired) electrons. The topological polar surface area (TPSA) is 21.8 Å². The van der Waals surface area contributed by atoms with Crippen LogP contribution in [0.2, 0.25) is 0 Å². The summed E-state index contributed by atoms with van der Waals surface area (Å²) < 4.78 is 11.8. The Kier molecular flexibility index (Phi) is 0.836. The summed E-state index contributed by atoms with van der Waals surface area (Å²) in [6.45, 7) is 0. The van der Waals surface area contributed by atoms with Gasteiger partial charge in [-0.25, -0.2) is 0 Å². The minimum Gasteiger partial charge on any atom is -0.374 e. The molecular formula is C14H16O2. The number of rotatable bonds is 0. The zero-order chi connectivity index (χ0) is 9.76. The van der Waals surface area contributed by atoms with Crippen LogP contribution in [0.5, 0.6) is 0 Å². The lowest BCUT2D eigenvalue weighted by Crippen LogP contribution is -2.63. The molecule has 12 atom stereocenters. The summed E-state index contributed by atoms with van der Waals surface area (Å²) in [5.41, 5.74) is 0. The maximum Gasteiger partial charge on any atom is 0.0879 e. The van der Waals surface area contributed by atoms with Crippen molar-refractivity contribution in [3.63, 3.8) is 0 Å². The Bertz CT molecular complexity index is 392. The highest BCUT2D eigenvalue weighted by Gasteiger charge is 2.84. The standard InChI is InChI=1S/C14H16O2/c1-3-7-5-2-6(15-5)8(7)4(1)10-9(3)11-12(10)14-13(11)16-14/h3-14H,1-2H2. The Morgan fingerprint density at radius 1 is 0.562 bits per heavy atom. The third kappa shape index (κ3) is 0.475. The molecular weight excluding hydrogens is 200 g/mol. The second-order valence-corrected chi connectivity index (χ2v) is 7.54. The van der Waals surface area contributed by atoms with Gasteiger partial charge in [-0.15, -0.1) is 0 Å². The first kappa shape index (κ1) is 7.38. The molecule has 16 heavy (non-hydrogen) atoms. The normalized spacial score (nSPS) is 87.0. The smallest absolute Gasteiger partial charge is 0.0879 e. The van der Waals surface area contributed by atoms with Crippen molar-refractivity contribution in [2.75, 3.05) is 0 Å². The lowest BCUT2D eigenvalue weighted by atomic mass is 9.42. The molecule has 2 nitrogen and oxygen atoms in total. The Balaban J connectivity index is 1.39. The number of ether oxygens (including phenoxy) is 2. The van der Waals surface area contributed by atoms with Crippen molar-refractivity contribution in [3.8, 4) is 0 Å². The fourth-order valence-corrected chi connectivity index (χ4v) is 7.52. The molecule has 5 aliphatic carbocycles. The molecule has 0 spiro atoms. The summed E-state index contributed by atoms with van der Waals surface area (Å²) in [4.78, 5) is 0. The predicted molar refractivity (Wildman–Crippen MR) is 54.5 cm³/mol. The van der Waals surface area contributed by atoms with E-state index in [0.717, 1.165) is 59.6 Å². The van der Waals surface area contributed by atoms with Gasteiger partial charge in [-0.2, -0.15) is 0 Å².